The summed E-state index contributed by atoms with van der Waals surface area (Å²) in [5.74, 6) is 0.691. The van der Waals surface area contributed by atoms with E-state index in [1.807, 2.05) is 0 Å². The molecule has 0 atom stereocenters. The molecule has 2 heterocycles. The zero-order chi connectivity index (χ0) is 13.2. The summed E-state index contributed by atoms with van der Waals surface area (Å²) in [5.41, 5.74) is 0. The highest BCUT2D eigenvalue weighted by Crippen LogP contribution is 2.17. The van der Waals surface area contributed by atoms with Crippen LogP contribution in [0.1, 0.15) is 12.8 Å². The van der Waals surface area contributed by atoms with Gasteiger partial charge in [0.05, 0.1) is 10.7 Å². The maximum absolute atomic E-state index is 11.1. The lowest BCUT2D eigenvalue weighted by Gasteiger charge is -2.31. The minimum atomic E-state index is -3.12. The van der Waals surface area contributed by atoms with E-state index in [9.17, 15) is 8.42 Å². The van der Waals surface area contributed by atoms with Crippen molar-refractivity contribution in [2.24, 2.45) is 0 Å². The van der Waals surface area contributed by atoms with E-state index in [0.717, 1.165) is 30.4 Å². The molecule has 0 radical (unpaired) electrons. The van der Waals surface area contributed by atoms with Crippen molar-refractivity contribution >= 4 is 31.9 Å². The van der Waals surface area contributed by atoms with E-state index in [4.69, 9.17) is 0 Å². The van der Waals surface area contributed by atoms with Gasteiger partial charge in [0.15, 0.2) is 0 Å². The summed E-state index contributed by atoms with van der Waals surface area (Å²) in [6.07, 6.45) is 6.16. The molecule has 0 bridgehead atoms. The van der Waals surface area contributed by atoms with Gasteiger partial charge in [-0.25, -0.2) is 23.1 Å². The molecule has 1 aliphatic rings. The molecule has 1 fully saturated rings. The largest absolute Gasteiger partial charge is 0.341 e. The van der Waals surface area contributed by atoms with E-state index < -0.39 is 10.0 Å². The van der Waals surface area contributed by atoms with Crippen LogP contribution in [-0.4, -0.2) is 43.8 Å². The summed E-state index contributed by atoms with van der Waals surface area (Å²) in [6.45, 7) is 1.52. The van der Waals surface area contributed by atoms with Crippen molar-refractivity contribution < 1.29 is 8.42 Å². The fraction of sp³-hybridized carbons (Fsp3) is 0.600. The van der Waals surface area contributed by atoms with Crippen LogP contribution >= 0.6 is 15.9 Å². The highest BCUT2D eigenvalue weighted by molar-refractivity contribution is 9.10. The first-order valence-corrected chi connectivity index (χ1v) is 8.32. The van der Waals surface area contributed by atoms with Gasteiger partial charge in [0.25, 0.3) is 0 Å². The van der Waals surface area contributed by atoms with E-state index >= 15 is 0 Å². The standard InChI is InChI=1S/C10H15BrN4O2S/c1-18(16,17)14-9-2-4-15(5-3-9)10-12-6-8(11)7-13-10/h6-7,9,14H,2-5H2,1H3. The molecule has 0 spiro atoms. The predicted molar refractivity (Wildman–Crippen MR) is 72.9 cm³/mol. The number of nitrogens with zero attached hydrogens (tertiary/aromatic N) is 3. The number of hydrogen-bond acceptors (Lipinski definition) is 5. The monoisotopic (exact) mass is 334 g/mol. The van der Waals surface area contributed by atoms with Crippen LogP contribution in [0.5, 0.6) is 0 Å². The normalized spacial score (nSPS) is 18.0. The van der Waals surface area contributed by atoms with Crippen LogP contribution in [0.2, 0.25) is 0 Å². The second-order valence-corrected chi connectivity index (χ2v) is 7.05. The first-order chi connectivity index (χ1) is 8.44. The number of halogens is 1. The highest BCUT2D eigenvalue weighted by atomic mass is 79.9. The van der Waals surface area contributed by atoms with Crippen LogP contribution in [0, 0.1) is 0 Å². The van der Waals surface area contributed by atoms with Crippen molar-refractivity contribution in [1.29, 1.82) is 0 Å². The Labute approximate surface area is 115 Å². The number of anilines is 1. The molecule has 0 saturated carbocycles. The third kappa shape index (κ3) is 3.89. The zero-order valence-corrected chi connectivity index (χ0v) is 12.4. The second-order valence-electron chi connectivity index (χ2n) is 4.35. The Morgan fingerprint density at radius 3 is 2.39 bits per heavy atom. The van der Waals surface area contributed by atoms with Crippen LogP contribution in [0.25, 0.3) is 0 Å². The lowest BCUT2D eigenvalue weighted by Crippen LogP contribution is -2.44. The Morgan fingerprint density at radius 1 is 1.33 bits per heavy atom. The Morgan fingerprint density at radius 2 is 1.89 bits per heavy atom. The minimum Gasteiger partial charge on any atom is -0.341 e. The minimum absolute atomic E-state index is 0.0201. The third-order valence-electron chi connectivity index (χ3n) is 2.77. The number of nitrogens with one attached hydrogen (secondary N) is 1. The maximum Gasteiger partial charge on any atom is 0.225 e. The average Bonchev–Trinajstić information content (AvgIpc) is 2.29. The molecule has 0 amide bonds. The number of hydrogen-bond donors (Lipinski definition) is 1. The molecule has 1 aliphatic heterocycles. The van der Waals surface area contributed by atoms with Crippen molar-refractivity contribution in [3.63, 3.8) is 0 Å². The molecule has 1 N–H and O–H groups in total. The summed E-state index contributed by atoms with van der Waals surface area (Å²) in [6, 6.07) is 0.0201. The van der Waals surface area contributed by atoms with E-state index in [-0.39, 0.29) is 6.04 Å². The molecule has 1 saturated heterocycles. The highest BCUT2D eigenvalue weighted by Gasteiger charge is 2.22. The van der Waals surface area contributed by atoms with Gasteiger partial charge in [-0.15, -0.1) is 0 Å². The van der Waals surface area contributed by atoms with Gasteiger partial charge < -0.3 is 4.90 Å². The lowest BCUT2D eigenvalue weighted by atomic mass is 10.1. The number of aromatic nitrogens is 2. The molecule has 0 unspecified atom stereocenters. The number of sulfonamides is 1. The van der Waals surface area contributed by atoms with Gasteiger partial charge in [0.2, 0.25) is 16.0 Å². The van der Waals surface area contributed by atoms with E-state index in [1.54, 1.807) is 12.4 Å². The topological polar surface area (TPSA) is 75.2 Å². The molecule has 1 aromatic heterocycles. The summed E-state index contributed by atoms with van der Waals surface area (Å²) in [7, 11) is -3.12. The van der Waals surface area contributed by atoms with Crippen LogP contribution in [-0.2, 0) is 10.0 Å². The lowest BCUT2D eigenvalue weighted by molar-refractivity contribution is 0.458. The van der Waals surface area contributed by atoms with E-state index in [2.05, 4.69) is 35.5 Å². The molecule has 1 aromatic rings. The van der Waals surface area contributed by atoms with Crippen LogP contribution in [0.3, 0.4) is 0 Å². The predicted octanol–water partition coefficient (Wildman–Crippen LogP) is 0.757. The zero-order valence-electron chi connectivity index (χ0n) is 10.0. The van der Waals surface area contributed by atoms with Crippen molar-refractivity contribution in [3.8, 4) is 0 Å². The SMILES string of the molecule is CS(=O)(=O)NC1CCN(c2ncc(Br)cn2)CC1. The smallest absolute Gasteiger partial charge is 0.225 e. The summed E-state index contributed by atoms with van der Waals surface area (Å²) < 4.78 is 25.8. The Balaban J connectivity index is 1.92. The van der Waals surface area contributed by atoms with Gasteiger partial charge in [-0.2, -0.15) is 0 Å². The van der Waals surface area contributed by atoms with Crippen molar-refractivity contribution in [2.75, 3.05) is 24.2 Å². The van der Waals surface area contributed by atoms with Crippen molar-refractivity contribution in [1.82, 2.24) is 14.7 Å². The number of rotatable bonds is 3. The summed E-state index contributed by atoms with van der Waals surface area (Å²) in [4.78, 5) is 10.5. The van der Waals surface area contributed by atoms with Gasteiger partial charge >= 0.3 is 0 Å². The van der Waals surface area contributed by atoms with Crippen LogP contribution < -0.4 is 9.62 Å². The van der Waals surface area contributed by atoms with Crippen LogP contribution in [0.15, 0.2) is 16.9 Å². The fourth-order valence-electron chi connectivity index (χ4n) is 1.97. The van der Waals surface area contributed by atoms with Gasteiger partial charge in [-0.3, -0.25) is 0 Å². The van der Waals surface area contributed by atoms with Gasteiger partial charge in [-0.1, -0.05) is 0 Å². The first kappa shape index (κ1) is 13.7. The molecule has 2 rings (SSSR count). The summed E-state index contributed by atoms with van der Waals surface area (Å²) in [5, 5.41) is 0. The Kier molecular flexibility index (Phi) is 4.18. The summed E-state index contributed by atoms with van der Waals surface area (Å²) >= 11 is 3.29. The molecular formula is C10H15BrN4O2S. The van der Waals surface area contributed by atoms with Crippen molar-refractivity contribution in [3.05, 3.63) is 16.9 Å². The van der Waals surface area contributed by atoms with Gasteiger partial charge in [-0.05, 0) is 28.8 Å². The molecule has 8 heteroatoms. The van der Waals surface area contributed by atoms with Gasteiger partial charge in [0.1, 0.15) is 0 Å². The van der Waals surface area contributed by atoms with Crippen LogP contribution in [0.4, 0.5) is 5.95 Å². The molecule has 0 aromatic carbocycles. The Bertz CT molecular complexity index is 497. The average molecular weight is 335 g/mol. The second kappa shape index (κ2) is 5.50. The molecule has 100 valence electrons. The maximum atomic E-state index is 11.1. The van der Waals surface area contributed by atoms with Crippen molar-refractivity contribution in [2.45, 2.75) is 18.9 Å². The van der Waals surface area contributed by atoms with E-state index in [1.165, 1.54) is 6.26 Å². The third-order valence-corrected chi connectivity index (χ3v) is 3.94. The first-order valence-electron chi connectivity index (χ1n) is 5.64. The fourth-order valence-corrected chi connectivity index (χ4v) is 3.01. The quantitative estimate of drug-likeness (QED) is 0.883. The number of piperidine rings is 1. The molecular weight excluding hydrogens is 320 g/mol. The van der Waals surface area contributed by atoms with Gasteiger partial charge in [0, 0.05) is 31.5 Å². The molecule has 18 heavy (non-hydrogen) atoms. The molecule has 0 aliphatic carbocycles. The van der Waals surface area contributed by atoms with E-state index in [0.29, 0.717) is 5.95 Å². The Hall–Kier alpha value is -0.730. The molecule has 6 nitrogen and oxygen atoms in total.